The van der Waals surface area contributed by atoms with Crippen molar-refractivity contribution in [2.45, 2.75) is 11.4 Å². The molecule has 1 aliphatic heterocycles. The average Bonchev–Trinajstić information content (AvgIpc) is 2.61. The van der Waals surface area contributed by atoms with Crippen molar-refractivity contribution in [2.75, 3.05) is 20.3 Å². The van der Waals surface area contributed by atoms with Crippen molar-refractivity contribution >= 4 is 15.7 Å². The van der Waals surface area contributed by atoms with Crippen molar-refractivity contribution < 1.29 is 22.8 Å². The Morgan fingerprint density at radius 3 is 2.56 bits per heavy atom. The molecule has 1 aliphatic rings. The number of nitro benzene ring substituents is 1. The largest absolute Gasteiger partial charge is 0.486 e. The van der Waals surface area contributed by atoms with Gasteiger partial charge in [-0.15, -0.1) is 0 Å². The summed E-state index contributed by atoms with van der Waals surface area (Å²) in [5.74, 6) is 1.20. The average molecular weight is 364 g/mol. The molecule has 2 aromatic carbocycles. The van der Waals surface area contributed by atoms with Gasteiger partial charge in [-0.3, -0.25) is 10.1 Å². The van der Waals surface area contributed by atoms with Crippen molar-refractivity contribution in [3.8, 4) is 11.5 Å². The molecule has 0 amide bonds. The smallest absolute Gasteiger partial charge is 0.270 e. The molecule has 0 N–H and O–H groups in total. The summed E-state index contributed by atoms with van der Waals surface area (Å²) in [7, 11) is -2.44. The van der Waals surface area contributed by atoms with Gasteiger partial charge >= 0.3 is 0 Å². The lowest BCUT2D eigenvalue weighted by Gasteiger charge is -2.21. The molecule has 0 unspecified atom stereocenters. The zero-order valence-corrected chi connectivity index (χ0v) is 14.2. The molecule has 0 radical (unpaired) electrons. The molecule has 0 spiro atoms. The van der Waals surface area contributed by atoms with Crippen molar-refractivity contribution in [2.24, 2.45) is 0 Å². The molecule has 0 saturated carbocycles. The number of benzene rings is 2. The van der Waals surface area contributed by atoms with E-state index in [1.165, 1.54) is 25.2 Å². The second kappa shape index (κ2) is 6.69. The van der Waals surface area contributed by atoms with Gasteiger partial charge in [-0.25, -0.2) is 8.42 Å². The second-order valence-corrected chi connectivity index (χ2v) is 7.54. The van der Waals surface area contributed by atoms with Crippen LogP contribution in [-0.4, -0.2) is 37.9 Å². The highest BCUT2D eigenvalue weighted by atomic mass is 32.2. The molecule has 0 atom stereocenters. The first-order valence-corrected chi connectivity index (χ1v) is 8.91. The molecule has 1 heterocycles. The van der Waals surface area contributed by atoms with E-state index in [1.54, 1.807) is 18.2 Å². The number of hydrogen-bond donors (Lipinski definition) is 0. The summed E-state index contributed by atoms with van der Waals surface area (Å²) in [6.07, 6.45) is 0. The van der Waals surface area contributed by atoms with Crippen LogP contribution < -0.4 is 9.47 Å². The van der Waals surface area contributed by atoms with Gasteiger partial charge in [0.25, 0.3) is 5.69 Å². The summed E-state index contributed by atoms with van der Waals surface area (Å²) < 4.78 is 37.4. The summed E-state index contributed by atoms with van der Waals surface area (Å²) in [5.41, 5.74) is 0.453. The summed E-state index contributed by atoms with van der Waals surface area (Å²) in [4.78, 5) is 10.1. The van der Waals surface area contributed by atoms with E-state index in [-0.39, 0.29) is 17.1 Å². The SMILES string of the molecule is CN(Cc1ccc2c(c1)OCCO2)S(=O)(=O)c1cccc([N+](=O)[O-])c1. The standard InChI is InChI=1S/C16H16N2O6S/c1-17(11-12-5-6-15-16(9-12)24-8-7-23-15)25(21,22)14-4-2-3-13(10-14)18(19)20/h2-6,9-10H,7-8,11H2,1H3. The Morgan fingerprint density at radius 2 is 1.84 bits per heavy atom. The minimum absolute atomic E-state index is 0.0989. The van der Waals surface area contributed by atoms with Crippen molar-refractivity contribution in [1.82, 2.24) is 4.31 Å². The zero-order valence-electron chi connectivity index (χ0n) is 13.4. The van der Waals surface area contributed by atoms with Crippen LogP contribution in [0.3, 0.4) is 0 Å². The van der Waals surface area contributed by atoms with Crippen LogP contribution in [0.15, 0.2) is 47.4 Å². The van der Waals surface area contributed by atoms with E-state index >= 15 is 0 Å². The molecule has 0 bridgehead atoms. The first-order valence-electron chi connectivity index (χ1n) is 7.47. The summed E-state index contributed by atoms with van der Waals surface area (Å²) in [6, 6.07) is 10.2. The maximum atomic E-state index is 12.6. The van der Waals surface area contributed by atoms with E-state index < -0.39 is 14.9 Å². The Labute approximate surface area is 144 Å². The lowest BCUT2D eigenvalue weighted by atomic mass is 10.2. The number of nitrogens with zero attached hydrogens (tertiary/aromatic N) is 2. The van der Waals surface area contributed by atoms with Gasteiger partial charge in [0, 0.05) is 25.7 Å². The molecular weight excluding hydrogens is 348 g/mol. The van der Waals surface area contributed by atoms with Gasteiger partial charge in [-0.2, -0.15) is 4.31 Å². The third kappa shape index (κ3) is 3.57. The summed E-state index contributed by atoms with van der Waals surface area (Å²) in [6.45, 7) is 1.02. The van der Waals surface area contributed by atoms with Gasteiger partial charge < -0.3 is 9.47 Å². The lowest BCUT2D eigenvalue weighted by molar-refractivity contribution is -0.385. The second-order valence-electron chi connectivity index (χ2n) is 5.49. The monoisotopic (exact) mass is 364 g/mol. The normalized spacial score (nSPS) is 13.7. The number of ether oxygens (including phenoxy) is 2. The van der Waals surface area contributed by atoms with Crippen LogP contribution in [0.25, 0.3) is 0 Å². The molecular formula is C16H16N2O6S. The predicted octanol–water partition coefficient (Wildman–Crippen LogP) is 2.19. The van der Waals surface area contributed by atoms with Crippen LogP contribution >= 0.6 is 0 Å². The number of rotatable bonds is 5. The summed E-state index contributed by atoms with van der Waals surface area (Å²) >= 11 is 0. The number of nitro groups is 1. The molecule has 9 heteroatoms. The maximum absolute atomic E-state index is 12.6. The highest BCUT2D eigenvalue weighted by Crippen LogP contribution is 2.31. The fraction of sp³-hybridized carbons (Fsp3) is 0.250. The molecule has 132 valence electrons. The molecule has 0 aliphatic carbocycles. The number of hydrogen-bond acceptors (Lipinski definition) is 6. The fourth-order valence-electron chi connectivity index (χ4n) is 2.47. The van der Waals surface area contributed by atoms with E-state index in [9.17, 15) is 18.5 Å². The zero-order chi connectivity index (χ0) is 18.0. The molecule has 25 heavy (non-hydrogen) atoms. The van der Waals surface area contributed by atoms with Crippen LogP contribution in [0.1, 0.15) is 5.56 Å². The highest BCUT2D eigenvalue weighted by molar-refractivity contribution is 7.89. The van der Waals surface area contributed by atoms with E-state index in [0.717, 1.165) is 15.9 Å². The Hall–Kier alpha value is -2.65. The first-order chi connectivity index (χ1) is 11.9. The van der Waals surface area contributed by atoms with Crippen LogP contribution in [0.2, 0.25) is 0 Å². The summed E-state index contributed by atoms with van der Waals surface area (Å²) in [5, 5.41) is 10.8. The topological polar surface area (TPSA) is 99.0 Å². The van der Waals surface area contributed by atoms with E-state index in [0.29, 0.717) is 24.7 Å². The van der Waals surface area contributed by atoms with Gasteiger partial charge in [-0.1, -0.05) is 12.1 Å². The minimum Gasteiger partial charge on any atom is -0.486 e. The lowest BCUT2D eigenvalue weighted by Crippen LogP contribution is -2.26. The molecule has 8 nitrogen and oxygen atoms in total. The number of fused-ring (bicyclic) bond motifs is 1. The third-order valence-corrected chi connectivity index (χ3v) is 5.55. The van der Waals surface area contributed by atoms with Crippen molar-refractivity contribution in [1.29, 1.82) is 0 Å². The molecule has 2 aromatic rings. The Kier molecular flexibility index (Phi) is 4.60. The van der Waals surface area contributed by atoms with Crippen molar-refractivity contribution in [3.05, 3.63) is 58.1 Å². The molecule has 0 fully saturated rings. The van der Waals surface area contributed by atoms with E-state index in [2.05, 4.69) is 0 Å². The van der Waals surface area contributed by atoms with E-state index in [4.69, 9.17) is 9.47 Å². The van der Waals surface area contributed by atoms with Crippen LogP contribution in [0.4, 0.5) is 5.69 Å². The molecule has 0 aromatic heterocycles. The van der Waals surface area contributed by atoms with E-state index in [1.807, 2.05) is 0 Å². The third-order valence-electron chi connectivity index (χ3n) is 3.75. The molecule has 0 saturated heterocycles. The van der Waals surface area contributed by atoms with Gasteiger partial charge in [0.2, 0.25) is 10.0 Å². The van der Waals surface area contributed by atoms with Crippen LogP contribution in [0.5, 0.6) is 11.5 Å². The van der Waals surface area contributed by atoms with Gasteiger partial charge in [0.15, 0.2) is 11.5 Å². The van der Waals surface area contributed by atoms with Gasteiger partial charge in [0.05, 0.1) is 9.82 Å². The van der Waals surface area contributed by atoms with Crippen molar-refractivity contribution in [3.63, 3.8) is 0 Å². The van der Waals surface area contributed by atoms with Gasteiger partial charge in [-0.05, 0) is 23.8 Å². The van der Waals surface area contributed by atoms with Crippen LogP contribution in [0, 0.1) is 10.1 Å². The predicted molar refractivity (Wildman–Crippen MR) is 89.2 cm³/mol. The number of sulfonamides is 1. The van der Waals surface area contributed by atoms with Gasteiger partial charge in [0.1, 0.15) is 13.2 Å². The Balaban J connectivity index is 1.83. The Morgan fingerprint density at radius 1 is 1.12 bits per heavy atom. The maximum Gasteiger partial charge on any atom is 0.270 e. The highest BCUT2D eigenvalue weighted by Gasteiger charge is 2.23. The number of non-ortho nitro benzene ring substituents is 1. The first kappa shape index (κ1) is 17.2. The quantitative estimate of drug-likeness (QED) is 0.596. The minimum atomic E-state index is -3.86. The Bertz CT molecular complexity index is 913. The fourth-order valence-corrected chi connectivity index (χ4v) is 3.66. The van der Waals surface area contributed by atoms with Crippen LogP contribution in [-0.2, 0) is 16.6 Å². The molecule has 3 rings (SSSR count).